The Labute approximate surface area is 111 Å². The van der Waals surface area contributed by atoms with Gasteiger partial charge in [0.05, 0.1) is 0 Å². The molecule has 104 valence electrons. The highest BCUT2D eigenvalue weighted by Gasteiger charge is 2.37. The molecule has 0 bridgehead atoms. The van der Waals surface area contributed by atoms with Gasteiger partial charge in [-0.1, -0.05) is 12.8 Å². The number of amides is 1. The Hall–Kier alpha value is -0.570. The van der Waals surface area contributed by atoms with Gasteiger partial charge in [0, 0.05) is 25.6 Å². The van der Waals surface area contributed by atoms with Gasteiger partial charge in [-0.2, -0.15) is 0 Å². The summed E-state index contributed by atoms with van der Waals surface area (Å²) in [6, 6.07) is 0.658. The summed E-state index contributed by atoms with van der Waals surface area (Å²) >= 11 is 0. The van der Waals surface area contributed by atoms with Crippen molar-refractivity contribution < 1.29 is 4.79 Å². The number of carbonyl (C=O) groups is 1. The van der Waals surface area contributed by atoms with Crippen molar-refractivity contribution >= 4 is 5.91 Å². The molecule has 2 aliphatic carbocycles. The van der Waals surface area contributed by atoms with Gasteiger partial charge in [-0.15, -0.1) is 0 Å². The lowest BCUT2D eigenvalue weighted by atomic mass is 9.71. The third kappa shape index (κ3) is 3.71. The fraction of sp³-hybridized carbons (Fsp3) is 0.933. The van der Waals surface area contributed by atoms with E-state index in [0.717, 1.165) is 18.5 Å². The van der Waals surface area contributed by atoms with Gasteiger partial charge in [0.1, 0.15) is 0 Å². The Morgan fingerprint density at radius 2 is 1.83 bits per heavy atom. The van der Waals surface area contributed by atoms with E-state index in [2.05, 4.69) is 10.6 Å². The van der Waals surface area contributed by atoms with Crippen molar-refractivity contribution in [2.75, 3.05) is 13.1 Å². The van der Waals surface area contributed by atoms with E-state index in [1.165, 1.54) is 51.4 Å². The third-order valence-corrected chi connectivity index (χ3v) is 4.87. The second-order valence-electron chi connectivity index (χ2n) is 6.14. The van der Waals surface area contributed by atoms with Gasteiger partial charge in [-0.25, -0.2) is 0 Å². The molecule has 0 saturated heterocycles. The molecule has 0 atom stereocenters. The van der Waals surface area contributed by atoms with E-state index in [4.69, 9.17) is 0 Å². The van der Waals surface area contributed by atoms with Crippen LogP contribution in [0.25, 0.3) is 0 Å². The Kier molecular flexibility index (Phi) is 5.04. The molecule has 0 unspecified atom stereocenters. The van der Waals surface area contributed by atoms with E-state index in [1.807, 2.05) is 6.92 Å². The lowest BCUT2D eigenvalue weighted by Gasteiger charge is -2.37. The minimum atomic E-state index is 0.174. The van der Waals surface area contributed by atoms with Crippen LogP contribution in [0.2, 0.25) is 0 Å². The van der Waals surface area contributed by atoms with Crippen molar-refractivity contribution in [1.82, 2.24) is 10.6 Å². The minimum absolute atomic E-state index is 0.174. The standard InChI is InChI=1S/C15H28N2O/c1-2-16-14(18)7-12-17-13-5-10-15(11-6-13)8-3-4-9-15/h13,17H,2-12H2,1H3,(H,16,18). The van der Waals surface area contributed by atoms with Crippen LogP contribution in [-0.4, -0.2) is 25.0 Å². The average molecular weight is 252 g/mol. The van der Waals surface area contributed by atoms with Crippen LogP contribution in [0.3, 0.4) is 0 Å². The van der Waals surface area contributed by atoms with Crippen molar-refractivity contribution in [3.8, 4) is 0 Å². The van der Waals surface area contributed by atoms with Gasteiger partial charge in [-0.05, 0) is 50.9 Å². The van der Waals surface area contributed by atoms with Crippen LogP contribution < -0.4 is 10.6 Å². The molecule has 2 saturated carbocycles. The average Bonchev–Trinajstić information content (AvgIpc) is 2.81. The molecule has 0 radical (unpaired) electrons. The summed E-state index contributed by atoms with van der Waals surface area (Å²) in [5, 5.41) is 6.40. The van der Waals surface area contributed by atoms with Crippen LogP contribution in [0, 0.1) is 5.41 Å². The highest BCUT2D eigenvalue weighted by molar-refractivity contribution is 5.75. The van der Waals surface area contributed by atoms with Crippen LogP contribution >= 0.6 is 0 Å². The van der Waals surface area contributed by atoms with Crippen molar-refractivity contribution in [3.05, 3.63) is 0 Å². The first-order valence-corrected chi connectivity index (χ1v) is 7.74. The Balaban J connectivity index is 1.60. The maximum atomic E-state index is 11.3. The van der Waals surface area contributed by atoms with Crippen molar-refractivity contribution in [1.29, 1.82) is 0 Å². The lowest BCUT2D eigenvalue weighted by molar-refractivity contribution is -0.120. The highest BCUT2D eigenvalue weighted by atomic mass is 16.1. The van der Waals surface area contributed by atoms with E-state index in [-0.39, 0.29) is 5.91 Å². The van der Waals surface area contributed by atoms with Gasteiger partial charge >= 0.3 is 0 Å². The van der Waals surface area contributed by atoms with Crippen molar-refractivity contribution in [3.63, 3.8) is 0 Å². The normalized spacial score (nSPS) is 23.4. The summed E-state index contributed by atoms with van der Waals surface area (Å²) in [6.07, 6.45) is 11.9. The van der Waals surface area contributed by atoms with Crippen LogP contribution in [0.15, 0.2) is 0 Å². The second-order valence-corrected chi connectivity index (χ2v) is 6.14. The molecular weight excluding hydrogens is 224 g/mol. The number of rotatable bonds is 5. The monoisotopic (exact) mass is 252 g/mol. The molecule has 0 aliphatic heterocycles. The molecule has 2 aliphatic rings. The maximum Gasteiger partial charge on any atom is 0.221 e. The van der Waals surface area contributed by atoms with E-state index in [0.29, 0.717) is 12.5 Å². The first-order valence-electron chi connectivity index (χ1n) is 7.74. The summed E-state index contributed by atoms with van der Waals surface area (Å²) in [4.78, 5) is 11.3. The van der Waals surface area contributed by atoms with Crippen molar-refractivity contribution in [2.24, 2.45) is 5.41 Å². The molecule has 1 spiro atoms. The van der Waals surface area contributed by atoms with E-state index in [1.54, 1.807) is 0 Å². The molecular formula is C15H28N2O. The van der Waals surface area contributed by atoms with Crippen LogP contribution in [0.4, 0.5) is 0 Å². The Morgan fingerprint density at radius 1 is 1.17 bits per heavy atom. The minimum Gasteiger partial charge on any atom is -0.356 e. The lowest BCUT2D eigenvalue weighted by Crippen LogP contribution is -2.38. The zero-order valence-corrected chi connectivity index (χ0v) is 11.8. The number of nitrogens with one attached hydrogen (secondary N) is 2. The number of hydrogen-bond donors (Lipinski definition) is 2. The molecule has 0 heterocycles. The Bertz CT molecular complexity index is 262. The SMILES string of the molecule is CCNC(=O)CCNC1CCC2(CCCC2)CC1. The number of carbonyl (C=O) groups excluding carboxylic acids is 1. The molecule has 2 rings (SSSR count). The van der Waals surface area contributed by atoms with E-state index >= 15 is 0 Å². The molecule has 3 heteroatoms. The van der Waals surface area contributed by atoms with Gasteiger partial charge in [0.25, 0.3) is 0 Å². The number of hydrogen-bond acceptors (Lipinski definition) is 2. The molecule has 3 nitrogen and oxygen atoms in total. The summed E-state index contributed by atoms with van der Waals surface area (Å²) in [7, 11) is 0. The molecule has 1 amide bonds. The summed E-state index contributed by atoms with van der Waals surface area (Å²) in [5.74, 6) is 0.174. The quantitative estimate of drug-likeness (QED) is 0.789. The fourth-order valence-electron chi connectivity index (χ4n) is 3.73. The molecule has 18 heavy (non-hydrogen) atoms. The summed E-state index contributed by atoms with van der Waals surface area (Å²) in [5.41, 5.74) is 0.720. The van der Waals surface area contributed by atoms with E-state index < -0.39 is 0 Å². The topological polar surface area (TPSA) is 41.1 Å². The van der Waals surface area contributed by atoms with Gasteiger partial charge < -0.3 is 10.6 Å². The molecule has 0 aromatic carbocycles. The molecule has 2 fully saturated rings. The van der Waals surface area contributed by atoms with Gasteiger partial charge in [0.15, 0.2) is 0 Å². The fourth-order valence-corrected chi connectivity index (χ4v) is 3.73. The summed E-state index contributed by atoms with van der Waals surface area (Å²) in [6.45, 7) is 3.54. The third-order valence-electron chi connectivity index (χ3n) is 4.87. The highest BCUT2D eigenvalue weighted by Crippen LogP contribution is 2.48. The zero-order valence-electron chi connectivity index (χ0n) is 11.8. The predicted molar refractivity (Wildman–Crippen MR) is 74.5 cm³/mol. The van der Waals surface area contributed by atoms with Crippen LogP contribution in [0.5, 0.6) is 0 Å². The molecule has 0 aromatic heterocycles. The van der Waals surface area contributed by atoms with Crippen LogP contribution in [0.1, 0.15) is 64.7 Å². The van der Waals surface area contributed by atoms with Crippen molar-refractivity contribution in [2.45, 2.75) is 70.8 Å². The first kappa shape index (κ1) is 13.9. The zero-order chi connectivity index (χ0) is 12.8. The van der Waals surface area contributed by atoms with Gasteiger partial charge in [0.2, 0.25) is 5.91 Å². The predicted octanol–water partition coefficient (Wildman–Crippen LogP) is 2.61. The van der Waals surface area contributed by atoms with Gasteiger partial charge in [-0.3, -0.25) is 4.79 Å². The molecule has 0 aromatic rings. The van der Waals surface area contributed by atoms with Crippen LogP contribution in [-0.2, 0) is 4.79 Å². The molecule has 2 N–H and O–H groups in total. The summed E-state index contributed by atoms with van der Waals surface area (Å²) < 4.78 is 0. The van der Waals surface area contributed by atoms with E-state index in [9.17, 15) is 4.79 Å². The first-order chi connectivity index (χ1) is 8.74. The maximum absolute atomic E-state index is 11.3. The smallest absolute Gasteiger partial charge is 0.221 e. The second kappa shape index (κ2) is 6.55. The largest absolute Gasteiger partial charge is 0.356 e. The Morgan fingerprint density at radius 3 is 2.44 bits per heavy atom.